The van der Waals surface area contributed by atoms with Crippen LogP contribution in [0.3, 0.4) is 0 Å². The van der Waals surface area contributed by atoms with Crippen molar-refractivity contribution in [2.24, 2.45) is 5.92 Å². The molecule has 0 aromatic rings. The van der Waals surface area contributed by atoms with Crippen LogP contribution in [-0.4, -0.2) is 22.6 Å². The molecule has 4 heteroatoms. The van der Waals surface area contributed by atoms with Crippen molar-refractivity contribution in [1.82, 2.24) is 0 Å². The first-order valence-electron chi connectivity index (χ1n) is 6.01. The van der Waals surface area contributed by atoms with Crippen molar-refractivity contribution in [3.8, 4) is 0 Å². The summed E-state index contributed by atoms with van der Waals surface area (Å²) in [6.07, 6.45) is 4.60. The molecule has 1 fully saturated rings. The quantitative estimate of drug-likeness (QED) is 0.466. The Morgan fingerprint density at radius 1 is 1.29 bits per heavy atom. The lowest BCUT2D eigenvalue weighted by Crippen LogP contribution is -2.40. The Bertz CT molecular complexity index is 326. The molecule has 1 atom stereocenters. The van der Waals surface area contributed by atoms with Gasteiger partial charge in [-0.3, -0.25) is 9.59 Å². The fourth-order valence-electron chi connectivity index (χ4n) is 2.12. The number of carbonyl (C=O) groups is 2. The third-order valence-electron chi connectivity index (χ3n) is 3.46. The largest absolute Gasteiger partial charge is 0.481 e. The topological polar surface area (TPSA) is 63.6 Å². The van der Waals surface area contributed by atoms with Crippen molar-refractivity contribution in [3.05, 3.63) is 12.2 Å². The minimum absolute atomic E-state index is 0.640. The third kappa shape index (κ3) is 3.08. The smallest absolute Gasteiger partial charge is 0.320 e. The predicted molar refractivity (Wildman–Crippen MR) is 63.5 cm³/mol. The summed E-state index contributed by atoms with van der Waals surface area (Å²) in [5.41, 5.74) is 0.169. The van der Waals surface area contributed by atoms with Crippen LogP contribution in [0.1, 0.15) is 46.0 Å². The standard InChI is InChI=1S/C13H20O4/c1-9(2)13(7-5-4-6-8-13)17-12(16)10(3)11(14)15/h10H,1,4-8H2,2-3H3,(H,14,15). The van der Waals surface area contributed by atoms with Gasteiger partial charge >= 0.3 is 11.9 Å². The molecule has 0 aromatic carbocycles. The number of carboxylic acid groups (broad SMARTS) is 1. The Labute approximate surface area is 102 Å². The second kappa shape index (κ2) is 5.34. The summed E-state index contributed by atoms with van der Waals surface area (Å²) in [6.45, 7) is 7.07. The van der Waals surface area contributed by atoms with Crippen molar-refractivity contribution >= 4 is 11.9 Å². The first-order valence-corrected chi connectivity index (χ1v) is 6.01. The number of carboxylic acids is 1. The summed E-state index contributed by atoms with van der Waals surface area (Å²) >= 11 is 0. The molecule has 17 heavy (non-hydrogen) atoms. The van der Waals surface area contributed by atoms with Crippen LogP contribution in [0.15, 0.2) is 12.2 Å². The summed E-state index contributed by atoms with van der Waals surface area (Å²) < 4.78 is 5.44. The minimum atomic E-state index is -1.15. The molecule has 0 spiro atoms. The highest BCUT2D eigenvalue weighted by Gasteiger charge is 2.38. The van der Waals surface area contributed by atoms with Gasteiger partial charge in [-0.1, -0.05) is 13.0 Å². The molecule has 96 valence electrons. The van der Waals surface area contributed by atoms with Crippen molar-refractivity contribution in [3.63, 3.8) is 0 Å². The normalized spacial score (nSPS) is 20.4. The Morgan fingerprint density at radius 2 is 1.82 bits per heavy atom. The Kier molecular flexibility index (Phi) is 4.32. The summed E-state index contributed by atoms with van der Waals surface area (Å²) in [7, 11) is 0. The molecule has 1 aliphatic rings. The fraction of sp³-hybridized carbons (Fsp3) is 0.692. The van der Waals surface area contributed by atoms with E-state index >= 15 is 0 Å². The first-order chi connectivity index (χ1) is 7.89. The molecular weight excluding hydrogens is 220 g/mol. The lowest BCUT2D eigenvalue weighted by Gasteiger charge is -2.37. The maximum absolute atomic E-state index is 11.7. The van der Waals surface area contributed by atoms with Gasteiger partial charge in [0.1, 0.15) is 5.60 Å². The molecule has 1 rings (SSSR count). The zero-order chi connectivity index (χ0) is 13.1. The van der Waals surface area contributed by atoms with E-state index in [0.717, 1.165) is 37.7 Å². The van der Waals surface area contributed by atoms with Crippen LogP contribution in [-0.2, 0) is 14.3 Å². The average Bonchev–Trinajstić information content (AvgIpc) is 2.28. The highest BCUT2D eigenvalue weighted by molar-refractivity contribution is 5.93. The van der Waals surface area contributed by atoms with Crippen molar-refractivity contribution in [2.75, 3.05) is 0 Å². The third-order valence-corrected chi connectivity index (χ3v) is 3.46. The highest BCUT2D eigenvalue weighted by Crippen LogP contribution is 2.37. The lowest BCUT2D eigenvalue weighted by atomic mass is 9.80. The molecule has 0 aliphatic heterocycles. The van der Waals surface area contributed by atoms with Crippen molar-refractivity contribution < 1.29 is 19.4 Å². The van der Waals surface area contributed by atoms with E-state index in [1.807, 2.05) is 6.92 Å². The van der Waals surface area contributed by atoms with Gasteiger partial charge in [0.2, 0.25) is 0 Å². The number of hydrogen-bond acceptors (Lipinski definition) is 3. The molecule has 1 saturated carbocycles. The van der Waals surface area contributed by atoms with E-state index in [1.165, 1.54) is 6.92 Å². The predicted octanol–water partition coefficient (Wildman–Crippen LogP) is 2.53. The number of esters is 1. The van der Waals surface area contributed by atoms with E-state index in [0.29, 0.717) is 0 Å². The maximum Gasteiger partial charge on any atom is 0.320 e. The Balaban J connectivity index is 2.77. The highest BCUT2D eigenvalue weighted by atomic mass is 16.6. The second-order valence-corrected chi connectivity index (χ2v) is 4.82. The zero-order valence-corrected chi connectivity index (χ0v) is 10.5. The molecule has 1 unspecified atom stereocenters. The number of hydrogen-bond donors (Lipinski definition) is 1. The summed E-state index contributed by atoms with van der Waals surface area (Å²) in [6, 6.07) is 0. The van der Waals surface area contributed by atoms with E-state index in [-0.39, 0.29) is 0 Å². The number of ether oxygens (including phenoxy) is 1. The van der Waals surface area contributed by atoms with E-state index in [2.05, 4.69) is 6.58 Å². The van der Waals surface area contributed by atoms with Crippen LogP contribution in [0.5, 0.6) is 0 Å². The molecule has 0 amide bonds. The Hall–Kier alpha value is -1.32. The van der Waals surface area contributed by atoms with Crippen LogP contribution in [0.25, 0.3) is 0 Å². The van der Waals surface area contributed by atoms with Crippen molar-refractivity contribution in [2.45, 2.75) is 51.6 Å². The van der Waals surface area contributed by atoms with E-state index in [4.69, 9.17) is 9.84 Å². The molecule has 1 N–H and O–H groups in total. The molecule has 0 bridgehead atoms. The van der Waals surface area contributed by atoms with E-state index < -0.39 is 23.5 Å². The van der Waals surface area contributed by atoms with Crippen LogP contribution >= 0.6 is 0 Å². The lowest BCUT2D eigenvalue weighted by molar-refractivity contribution is -0.169. The SMILES string of the molecule is C=C(C)C1(OC(=O)C(C)C(=O)O)CCCCC1. The summed E-state index contributed by atoms with van der Waals surface area (Å²) in [5, 5.41) is 8.78. The van der Waals surface area contributed by atoms with Gasteiger partial charge in [-0.25, -0.2) is 0 Å². The van der Waals surface area contributed by atoms with Crippen LogP contribution in [0, 0.1) is 5.92 Å². The molecule has 4 nitrogen and oxygen atoms in total. The zero-order valence-electron chi connectivity index (χ0n) is 10.5. The first kappa shape index (κ1) is 13.7. The van der Waals surface area contributed by atoms with Gasteiger partial charge in [0, 0.05) is 0 Å². The minimum Gasteiger partial charge on any atom is -0.481 e. The Morgan fingerprint density at radius 3 is 2.24 bits per heavy atom. The summed E-state index contributed by atoms with van der Waals surface area (Å²) in [4.78, 5) is 22.5. The monoisotopic (exact) mass is 240 g/mol. The number of carbonyl (C=O) groups excluding carboxylic acids is 1. The summed E-state index contributed by atoms with van der Waals surface area (Å²) in [5.74, 6) is -2.93. The second-order valence-electron chi connectivity index (χ2n) is 4.82. The molecule has 1 aliphatic carbocycles. The van der Waals surface area contributed by atoms with Gasteiger partial charge in [0.25, 0.3) is 0 Å². The van der Waals surface area contributed by atoms with Crippen LogP contribution in [0.2, 0.25) is 0 Å². The molecule has 0 radical (unpaired) electrons. The maximum atomic E-state index is 11.7. The van der Waals surface area contributed by atoms with Gasteiger partial charge in [0.15, 0.2) is 5.92 Å². The average molecular weight is 240 g/mol. The van der Waals surface area contributed by atoms with Crippen LogP contribution < -0.4 is 0 Å². The fourth-order valence-corrected chi connectivity index (χ4v) is 2.12. The van der Waals surface area contributed by atoms with E-state index in [9.17, 15) is 9.59 Å². The number of rotatable bonds is 4. The molecule has 0 heterocycles. The molecular formula is C13H20O4. The van der Waals surface area contributed by atoms with Gasteiger partial charge in [-0.2, -0.15) is 0 Å². The van der Waals surface area contributed by atoms with Crippen molar-refractivity contribution in [1.29, 1.82) is 0 Å². The van der Waals surface area contributed by atoms with Gasteiger partial charge in [-0.15, -0.1) is 0 Å². The van der Waals surface area contributed by atoms with Gasteiger partial charge in [-0.05, 0) is 45.1 Å². The molecule has 0 aromatic heterocycles. The van der Waals surface area contributed by atoms with Gasteiger partial charge in [0.05, 0.1) is 0 Å². The van der Waals surface area contributed by atoms with Gasteiger partial charge < -0.3 is 9.84 Å². The van der Waals surface area contributed by atoms with E-state index in [1.54, 1.807) is 0 Å². The number of aliphatic carboxylic acids is 1. The van der Waals surface area contributed by atoms with Crippen LogP contribution in [0.4, 0.5) is 0 Å². The molecule has 0 saturated heterocycles.